The van der Waals surface area contributed by atoms with Gasteiger partial charge in [-0.1, -0.05) is 0 Å². The highest BCUT2D eigenvalue weighted by Crippen LogP contribution is 2.41. The average molecular weight is 169 g/mol. The topological polar surface area (TPSA) is 23.5 Å². The van der Waals surface area contributed by atoms with Crippen LogP contribution in [0.1, 0.15) is 33.6 Å². The Labute approximate surface area is 74.6 Å². The van der Waals surface area contributed by atoms with E-state index < -0.39 is 0 Å². The van der Waals surface area contributed by atoms with Crippen LogP contribution in [-0.4, -0.2) is 34.2 Å². The van der Waals surface area contributed by atoms with Gasteiger partial charge in [0.05, 0.1) is 6.10 Å². The summed E-state index contributed by atoms with van der Waals surface area (Å²) in [4.78, 5) is 2.46. The number of rotatable bonds is 0. The number of likely N-dealkylation sites (tertiary alicyclic amines) is 1. The van der Waals surface area contributed by atoms with Gasteiger partial charge in [-0.2, -0.15) is 0 Å². The second-order valence-corrected chi connectivity index (χ2v) is 5.22. The summed E-state index contributed by atoms with van der Waals surface area (Å²) in [6, 6.07) is 0.454. The molecule has 0 aromatic heterocycles. The molecule has 1 aliphatic heterocycles. The van der Waals surface area contributed by atoms with Gasteiger partial charge >= 0.3 is 0 Å². The van der Waals surface area contributed by atoms with E-state index in [1.54, 1.807) is 0 Å². The summed E-state index contributed by atoms with van der Waals surface area (Å²) in [5.41, 5.74) is 0.237. The first-order chi connectivity index (χ1) is 5.50. The fourth-order valence-corrected chi connectivity index (χ4v) is 2.74. The molecular formula is C10H19NO. The molecule has 2 nitrogen and oxygen atoms in total. The summed E-state index contributed by atoms with van der Waals surface area (Å²) in [5.74, 6) is 0.564. The van der Waals surface area contributed by atoms with Gasteiger partial charge in [0.1, 0.15) is 0 Å². The van der Waals surface area contributed by atoms with E-state index in [9.17, 15) is 5.11 Å². The molecule has 1 aliphatic carbocycles. The highest BCUT2D eigenvalue weighted by atomic mass is 16.3. The molecule has 2 heteroatoms. The van der Waals surface area contributed by atoms with Crippen molar-refractivity contribution in [3.8, 4) is 0 Å². The molecule has 2 rings (SSSR count). The number of hydrogen-bond donors (Lipinski definition) is 1. The molecule has 3 unspecified atom stereocenters. The molecule has 1 saturated heterocycles. The minimum absolute atomic E-state index is 0.0378. The maximum absolute atomic E-state index is 9.82. The first-order valence-electron chi connectivity index (χ1n) is 4.95. The van der Waals surface area contributed by atoms with Gasteiger partial charge in [-0.15, -0.1) is 0 Å². The summed E-state index contributed by atoms with van der Waals surface area (Å²) in [6.07, 6.45) is 2.39. The predicted octanol–water partition coefficient (Wildman–Crippen LogP) is 1.24. The Morgan fingerprint density at radius 1 is 1.25 bits per heavy atom. The Morgan fingerprint density at radius 3 is 2.17 bits per heavy atom. The monoisotopic (exact) mass is 169 g/mol. The number of hydrogen-bond acceptors (Lipinski definition) is 2. The van der Waals surface area contributed by atoms with Crippen LogP contribution in [0.15, 0.2) is 0 Å². The van der Waals surface area contributed by atoms with Crippen LogP contribution in [0, 0.1) is 5.92 Å². The lowest BCUT2D eigenvalue weighted by molar-refractivity contribution is 0.0681. The summed E-state index contributed by atoms with van der Waals surface area (Å²) in [7, 11) is 0. The van der Waals surface area contributed by atoms with Crippen molar-refractivity contribution >= 4 is 0 Å². The van der Waals surface area contributed by atoms with Crippen molar-refractivity contribution in [3.05, 3.63) is 0 Å². The number of nitrogens with zero attached hydrogens (tertiary/aromatic N) is 1. The minimum atomic E-state index is -0.0378. The Balaban J connectivity index is 2.14. The zero-order valence-corrected chi connectivity index (χ0v) is 8.25. The van der Waals surface area contributed by atoms with Crippen molar-refractivity contribution in [1.29, 1.82) is 0 Å². The average Bonchev–Trinajstić information content (AvgIpc) is 2.45. The fraction of sp³-hybridized carbons (Fsp3) is 1.00. The summed E-state index contributed by atoms with van der Waals surface area (Å²) < 4.78 is 0. The van der Waals surface area contributed by atoms with Crippen LogP contribution in [0.2, 0.25) is 0 Å². The van der Waals surface area contributed by atoms with Gasteiger partial charge in [0.2, 0.25) is 0 Å². The lowest BCUT2D eigenvalue weighted by Crippen LogP contribution is -2.47. The van der Waals surface area contributed by atoms with E-state index >= 15 is 0 Å². The SMILES string of the molecule is CC(C)(C)N1CC2CCC1C2O. The molecule has 1 N–H and O–H groups in total. The van der Waals surface area contributed by atoms with Gasteiger partial charge in [0.15, 0.2) is 0 Å². The molecule has 2 aliphatic rings. The summed E-state index contributed by atoms with van der Waals surface area (Å²) in [6.45, 7) is 7.82. The van der Waals surface area contributed by atoms with Gasteiger partial charge in [-0.25, -0.2) is 0 Å². The molecule has 70 valence electrons. The Morgan fingerprint density at radius 2 is 1.92 bits per heavy atom. The van der Waals surface area contributed by atoms with E-state index in [4.69, 9.17) is 0 Å². The van der Waals surface area contributed by atoms with Crippen LogP contribution in [0.25, 0.3) is 0 Å². The predicted molar refractivity (Wildman–Crippen MR) is 49.0 cm³/mol. The maximum Gasteiger partial charge on any atom is 0.0735 e. The molecular weight excluding hydrogens is 150 g/mol. The Kier molecular flexibility index (Phi) is 1.74. The molecule has 2 fully saturated rings. The highest BCUT2D eigenvalue weighted by molar-refractivity contribution is 5.03. The van der Waals surface area contributed by atoms with Crippen LogP contribution in [0.3, 0.4) is 0 Å². The zero-order chi connectivity index (χ0) is 8.93. The van der Waals surface area contributed by atoms with Gasteiger partial charge in [0, 0.05) is 18.1 Å². The molecule has 1 heterocycles. The third-order valence-electron chi connectivity index (χ3n) is 3.40. The second-order valence-electron chi connectivity index (χ2n) is 5.22. The van der Waals surface area contributed by atoms with Gasteiger partial charge < -0.3 is 5.11 Å². The lowest BCUT2D eigenvalue weighted by Gasteiger charge is -2.38. The van der Waals surface area contributed by atoms with Crippen molar-refractivity contribution in [1.82, 2.24) is 4.90 Å². The van der Waals surface area contributed by atoms with Crippen molar-refractivity contribution < 1.29 is 5.11 Å². The Bertz CT molecular complexity index is 185. The molecule has 2 bridgehead atoms. The molecule has 0 aromatic carbocycles. The van der Waals surface area contributed by atoms with Gasteiger partial charge in [-0.05, 0) is 39.5 Å². The van der Waals surface area contributed by atoms with Crippen LogP contribution < -0.4 is 0 Å². The second kappa shape index (κ2) is 2.46. The van der Waals surface area contributed by atoms with Gasteiger partial charge in [-0.3, -0.25) is 4.90 Å². The van der Waals surface area contributed by atoms with Crippen LogP contribution in [-0.2, 0) is 0 Å². The van der Waals surface area contributed by atoms with E-state index in [2.05, 4.69) is 25.7 Å². The molecule has 0 spiro atoms. The highest BCUT2D eigenvalue weighted by Gasteiger charge is 2.48. The smallest absolute Gasteiger partial charge is 0.0735 e. The van der Waals surface area contributed by atoms with E-state index in [-0.39, 0.29) is 11.6 Å². The standard InChI is InChI=1S/C10H19NO/c1-10(2,3)11-6-7-4-5-8(11)9(7)12/h7-9,12H,4-6H2,1-3H3. The number of aliphatic hydroxyl groups excluding tert-OH is 1. The van der Waals surface area contributed by atoms with E-state index in [0.29, 0.717) is 12.0 Å². The van der Waals surface area contributed by atoms with E-state index in [0.717, 1.165) is 6.54 Å². The molecule has 3 atom stereocenters. The third kappa shape index (κ3) is 1.09. The molecule has 12 heavy (non-hydrogen) atoms. The molecule has 1 saturated carbocycles. The van der Waals surface area contributed by atoms with Crippen molar-refractivity contribution in [3.63, 3.8) is 0 Å². The number of piperidine rings is 1. The quantitative estimate of drug-likeness (QED) is 0.590. The first kappa shape index (κ1) is 8.52. The number of aliphatic hydroxyl groups is 1. The normalized spacial score (nSPS) is 42.5. The van der Waals surface area contributed by atoms with Crippen LogP contribution in [0.4, 0.5) is 0 Å². The largest absolute Gasteiger partial charge is 0.391 e. The van der Waals surface area contributed by atoms with Crippen molar-refractivity contribution in [2.45, 2.75) is 51.3 Å². The van der Waals surface area contributed by atoms with E-state index in [1.165, 1.54) is 12.8 Å². The van der Waals surface area contributed by atoms with Crippen molar-refractivity contribution in [2.24, 2.45) is 5.92 Å². The summed E-state index contributed by atoms with van der Waals surface area (Å²) >= 11 is 0. The van der Waals surface area contributed by atoms with Gasteiger partial charge in [0.25, 0.3) is 0 Å². The summed E-state index contributed by atoms with van der Waals surface area (Å²) in [5, 5.41) is 9.82. The zero-order valence-electron chi connectivity index (χ0n) is 8.25. The number of fused-ring (bicyclic) bond motifs is 2. The first-order valence-corrected chi connectivity index (χ1v) is 4.95. The third-order valence-corrected chi connectivity index (χ3v) is 3.40. The minimum Gasteiger partial charge on any atom is -0.391 e. The molecule has 0 aromatic rings. The van der Waals surface area contributed by atoms with Crippen LogP contribution >= 0.6 is 0 Å². The fourth-order valence-electron chi connectivity index (χ4n) is 2.74. The van der Waals surface area contributed by atoms with E-state index in [1.807, 2.05) is 0 Å². The molecule has 0 amide bonds. The lowest BCUT2D eigenvalue weighted by atomic mass is 10.0. The van der Waals surface area contributed by atoms with Crippen LogP contribution in [0.5, 0.6) is 0 Å². The van der Waals surface area contributed by atoms with Crippen molar-refractivity contribution in [2.75, 3.05) is 6.54 Å². The molecule has 0 radical (unpaired) electrons. The maximum atomic E-state index is 9.82. The Hall–Kier alpha value is -0.0800.